The van der Waals surface area contributed by atoms with Crippen molar-refractivity contribution in [1.29, 1.82) is 0 Å². The second kappa shape index (κ2) is 6.37. The molecule has 3 N–H and O–H groups in total. The number of alkyl carbamates (subject to hydrolysis) is 1. The van der Waals surface area contributed by atoms with Crippen molar-refractivity contribution in [2.45, 2.75) is 39.5 Å². The molecule has 5 nitrogen and oxygen atoms in total. The first-order valence-corrected chi connectivity index (χ1v) is 5.82. The Kier molecular flexibility index (Phi) is 5.12. The number of ether oxygens (including phenoxy) is 1. The van der Waals surface area contributed by atoms with Crippen LogP contribution in [-0.2, 0) is 17.8 Å². The van der Waals surface area contributed by atoms with Gasteiger partial charge in [0.2, 0.25) is 0 Å². The molecule has 0 fully saturated rings. The molecule has 0 heterocycles. The van der Waals surface area contributed by atoms with Gasteiger partial charge in [-0.1, -0.05) is 24.3 Å². The zero-order valence-electron chi connectivity index (χ0n) is 11.0. The molecule has 0 atom stereocenters. The van der Waals surface area contributed by atoms with Crippen LogP contribution in [0.3, 0.4) is 0 Å². The molecule has 1 aromatic carbocycles. The molecular formula is C13H20N2O3. The summed E-state index contributed by atoms with van der Waals surface area (Å²) in [4.78, 5) is 11.5. The van der Waals surface area contributed by atoms with Gasteiger partial charge in [0.25, 0.3) is 0 Å². The number of hydroxylamine groups is 1. The topological polar surface area (TPSA) is 70.6 Å². The lowest BCUT2D eigenvalue weighted by Gasteiger charge is -2.19. The average Bonchev–Trinajstić information content (AvgIpc) is 2.25. The molecule has 0 aliphatic carbocycles. The van der Waals surface area contributed by atoms with Crippen LogP contribution in [0.25, 0.3) is 0 Å². The van der Waals surface area contributed by atoms with Gasteiger partial charge >= 0.3 is 6.09 Å². The zero-order chi connectivity index (χ0) is 13.6. The molecule has 0 aliphatic heterocycles. The molecule has 1 rings (SSSR count). The monoisotopic (exact) mass is 252 g/mol. The van der Waals surface area contributed by atoms with E-state index in [9.17, 15) is 4.79 Å². The van der Waals surface area contributed by atoms with Crippen molar-refractivity contribution in [3.05, 3.63) is 35.4 Å². The molecule has 5 heteroatoms. The second-order valence-corrected chi connectivity index (χ2v) is 5.01. The number of benzene rings is 1. The van der Waals surface area contributed by atoms with E-state index in [0.717, 1.165) is 11.1 Å². The van der Waals surface area contributed by atoms with E-state index in [1.54, 1.807) is 0 Å². The fourth-order valence-corrected chi connectivity index (χ4v) is 1.43. The molecule has 18 heavy (non-hydrogen) atoms. The van der Waals surface area contributed by atoms with Crippen molar-refractivity contribution in [2.24, 2.45) is 0 Å². The number of hydrogen-bond donors (Lipinski definition) is 3. The minimum Gasteiger partial charge on any atom is -0.444 e. The van der Waals surface area contributed by atoms with Crippen molar-refractivity contribution in [1.82, 2.24) is 10.8 Å². The van der Waals surface area contributed by atoms with Crippen molar-refractivity contribution >= 4 is 6.09 Å². The highest BCUT2D eigenvalue weighted by Gasteiger charge is 2.15. The lowest BCUT2D eigenvalue weighted by molar-refractivity contribution is 0.0523. The van der Waals surface area contributed by atoms with E-state index in [4.69, 9.17) is 9.94 Å². The summed E-state index contributed by atoms with van der Waals surface area (Å²) in [6.07, 6.45) is -0.437. The fourth-order valence-electron chi connectivity index (χ4n) is 1.43. The predicted molar refractivity (Wildman–Crippen MR) is 68.1 cm³/mol. The highest BCUT2D eigenvalue weighted by Crippen LogP contribution is 2.08. The molecule has 0 bridgehead atoms. The minimum absolute atomic E-state index is 0.375. The second-order valence-electron chi connectivity index (χ2n) is 5.01. The highest BCUT2D eigenvalue weighted by atomic mass is 16.6. The van der Waals surface area contributed by atoms with E-state index in [-0.39, 0.29) is 0 Å². The van der Waals surface area contributed by atoms with Crippen molar-refractivity contribution < 1.29 is 14.7 Å². The van der Waals surface area contributed by atoms with Gasteiger partial charge in [-0.05, 0) is 31.9 Å². The number of nitrogens with one attached hydrogen (secondary N) is 2. The van der Waals surface area contributed by atoms with E-state index >= 15 is 0 Å². The summed E-state index contributed by atoms with van der Waals surface area (Å²) in [7, 11) is 0. The van der Waals surface area contributed by atoms with E-state index in [0.29, 0.717) is 13.1 Å². The smallest absolute Gasteiger partial charge is 0.407 e. The van der Waals surface area contributed by atoms with Crippen LogP contribution in [0, 0.1) is 0 Å². The summed E-state index contributed by atoms with van der Waals surface area (Å²) in [6.45, 7) is 6.23. The Hall–Kier alpha value is -1.59. The number of carbonyl (C=O) groups excluding carboxylic acids is 1. The molecule has 0 aliphatic rings. The van der Waals surface area contributed by atoms with Crippen LogP contribution in [-0.4, -0.2) is 16.9 Å². The first-order valence-electron chi connectivity index (χ1n) is 5.82. The van der Waals surface area contributed by atoms with Crippen molar-refractivity contribution in [3.63, 3.8) is 0 Å². The Morgan fingerprint density at radius 3 is 2.44 bits per heavy atom. The molecule has 0 saturated heterocycles. The van der Waals surface area contributed by atoms with E-state index in [1.807, 2.05) is 45.0 Å². The van der Waals surface area contributed by atoms with Crippen LogP contribution in [0.1, 0.15) is 31.9 Å². The third kappa shape index (κ3) is 5.65. The quantitative estimate of drug-likeness (QED) is 0.718. The maximum Gasteiger partial charge on any atom is 0.407 e. The zero-order valence-corrected chi connectivity index (χ0v) is 11.0. The molecule has 0 aromatic heterocycles. The molecular weight excluding hydrogens is 232 g/mol. The Morgan fingerprint density at radius 2 is 1.89 bits per heavy atom. The lowest BCUT2D eigenvalue weighted by atomic mass is 10.1. The Balaban J connectivity index is 2.48. The number of amides is 1. The Morgan fingerprint density at radius 1 is 1.28 bits per heavy atom. The van der Waals surface area contributed by atoms with E-state index < -0.39 is 11.7 Å². The van der Waals surface area contributed by atoms with Crippen LogP contribution >= 0.6 is 0 Å². The van der Waals surface area contributed by atoms with E-state index in [2.05, 4.69) is 10.8 Å². The van der Waals surface area contributed by atoms with Gasteiger partial charge < -0.3 is 15.3 Å². The van der Waals surface area contributed by atoms with Gasteiger partial charge in [0.15, 0.2) is 0 Å². The van der Waals surface area contributed by atoms with Crippen LogP contribution < -0.4 is 10.8 Å². The van der Waals surface area contributed by atoms with Gasteiger partial charge in [-0.2, -0.15) is 0 Å². The third-order valence-electron chi connectivity index (χ3n) is 2.11. The molecule has 0 unspecified atom stereocenters. The molecule has 1 amide bonds. The molecule has 1 aromatic rings. The van der Waals surface area contributed by atoms with E-state index in [1.165, 1.54) is 0 Å². The number of rotatable bonds is 4. The standard InChI is InChI=1S/C13H20N2O3/c1-13(2,3)18-12(16)14-8-10-5-4-6-11(7-10)9-15-17/h4-7,15,17H,8-9H2,1-3H3,(H,14,16). The fraction of sp³-hybridized carbons (Fsp3) is 0.462. The number of hydrogen-bond acceptors (Lipinski definition) is 4. The summed E-state index contributed by atoms with van der Waals surface area (Å²) >= 11 is 0. The predicted octanol–water partition coefficient (Wildman–Crippen LogP) is 2.19. The van der Waals surface area contributed by atoms with Crippen LogP contribution in [0.15, 0.2) is 24.3 Å². The summed E-state index contributed by atoms with van der Waals surface area (Å²) in [5.41, 5.74) is 3.50. The normalized spacial score (nSPS) is 11.1. The summed E-state index contributed by atoms with van der Waals surface area (Å²) in [6, 6.07) is 7.57. The minimum atomic E-state index is -0.493. The van der Waals surface area contributed by atoms with Gasteiger partial charge in [-0.15, -0.1) is 0 Å². The summed E-state index contributed by atoms with van der Waals surface area (Å²) < 4.78 is 5.13. The molecule has 0 spiro atoms. The average molecular weight is 252 g/mol. The summed E-state index contributed by atoms with van der Waals surface area (Å²) in [5.74, 6) is 0. The van der Waals surface area contributed by atoms with Gasteiger partial charge in [0, 0.05) is 13.1 Å². The van der Waals surface area contributed by atoms with Gasteiger partial charge in [-0.3, -0.25) is 0 Å². The maximum absolute atomic E-state index is 11.5. The highest BCUT2D eigenvalue weighted by molar-refractivity contribution is 5.67. The molecule has 0 saturated carbocycles. The maximum atomic E-state index is 11.5. The van der Waals surface area contributed by atoms with Gasteiger partial charge in [-0.25, -0.2) is 10.3 Å². The lowest BCUT2D eigenvalue weighted by Crippen LogP contribution is -2.32. The SMILES string of the molecule is CC(C)(C)OC(=O)NCc1cccc(CNO)c1. The first kappa shape index (κ1) is 14.5. The van der Waals surface area contributed by atoms with Crippen molar-refractivity contribution in [3.8, 4) is 0 Å². The third-order valence-corrected chi connectivity index (χ3v) is 2.11. The van der Waals surface area contributed by atoms with Crippen LogP contribution in [0.5, 0.6) is 0 Å². The Labute approximate surface area is 107 Å². The summed E-state index contributed by atoms with van der Waals surface area (Å²) in [5, 5.41) is 11.3. The van der Waals surface area contributed by atoms with Crippen molar-refractivity contribution in [2.75, 3.05) is 0 Å². The van der Waals surface area contributed by atoms with Crippen LogP contribution in [0.2, 0.25) is 0 Å². The molecule has 0 radical (unpaired) electrons. The number of carbonyl (C=O) groups is 1. The first-order chi connectivity index (χ1) is 8.40. The molecule has 100 valence electrons. The largest absolute Gasteiger partial charge is 0.444 e. The Bertz CT molecular complexity index is 399. The van der Waals surface area contributed by atoms with Crippen LogP contribution in [0.4, 0.5) is 4.79 Å². The van der Waals surface area contributed by atoms with Gasteiger partial charge in [0.1, 0.15) is 5.60 Å². The van der Waals surface area contributed by atoms with Gasteiger partial charge in [0.05, 0.1) is 0 Å².